The van der Waals surface area contributed by atoms with Gasteiger partial charge in [0.15, 0.2) is 5.43 Å². The second-order valence-corrected chi connectivity index (χ2v) is 5.60. The van der Waals surface area contributed by atoms with Crippen molar-refractivity contribution in [1.29, 1.82) is 0 Å². The van der Waals surface area contributed by atoms with Gasteiger partial charge in [0.1, 0.15) is 10.7 Å². The van der Waals surface area contributed by atoms with Gasteiger partial charge in [0.2, 0.25) is 5.76 Å². The van der Waals surface area contributed by atoms with Crippen molar-refractivity contribution in [2.45, 2.75) is 6.92 Å². The molecule has 132 valence electrons. The number of ether oxygens (including phenoxy) is 1. The number of pyridine rings is 1. The molecule has 0 bridgehead atoms. The lowest BCUT2D eigenvalue weighted by molar-refractivity contribution is 0.0490. The highest BCUT2D eigenvalue weighted by atomic mass is 35.5. The quantitative estimate of drug-likeness (QED) is 0.551. The van der Waals surface area contributed by atoms with Crippen molar-refractivity contribution in [3.8, 4) is 11.3 Å². The van der Waals surface area contributed by atoms with Gasteiger partial charge < -0.3 is 14.3 Å². The van der Waals surface area contributed by atoms with E-state index >= 15 is 0 Å². The predicted molar refractivity (Wildman–Crippen MR) is 93.6 cm³/mol. The standard InChI is InChI=1S/C18H12ClNO6/c1-2-25-18(24)15-8-13(21)10-4-3-9(7-14(10)26-15)12-6-5-11(17(22)23)16(19)20-12/h3-8H,2H2,1H3,(H,22,23). The molecule has 0 spiro atoms. The molecule has 1 aromatic carbocycles. The van der Waals surface area contributed by atoms with E-state index in [4.69, 9.17) is 25.9 Å². The summed E-state index contributed by atoms with van der Waals surface area (Å²) in [6, 6.07) is 8.59. The van der Waals surface area contributed by atoms with Crippen molar-refractivity contribution in [2.24, 2.45) is 0 Å². The van der Waals surface area contributed by atoms with Gasteiger partial charge in [-0.25, -0.2) is 14.6 Å². The Morgan fingerprint density at radius 3 is 2.65 bits per heavy atom. The monoisotopic (exact) mass is 373 g/mol. The van der Waals surface area contributed by atoms with Gasteiger partial charge in [0.05, 0.1) is 23.3 Å². The largest absolute Gasteiger partial charge is 0.478 e. The van der Waals surface area contributed by atoms with Crippen LogP contribution in [-0.2, 0) is 4.74 Å². The number of halogens is 1. The molecule has 0 amide bonds. The summed E-state index contributed by atoms with van der Waals surface area (Å²) in [5.41, 5.74) is 0.616. The SMILES string of the molecule is CCOC(=O)c1cc(=O)c2ccc(-c3ccc(C(=O)O)c(Cl)n3)cc2o1. The van der Waals surface area contributed by atoms with Gasteiger partial charge >= 0.3 is 11.9 Å². The Morgan fingerprint density at radius 2 is 2.00 bits per heavy atom. The van der Waals surface area contributed by atoms with Crippen LogP contribution < -0.4 is 5.43 Å². The molecule has 0 saturated carbocycles. The average Bonchev–Trinajstić information content (AvgIpc) is 2.61. The molecule has 2 heterocycles. The third-order valence-corrected chi connectivity index (χ3v) is 3.87. The molecule has 3 aromatic rings. The molecule has 0 aliphatic heterocycles. The molecule has 0 radical (unpaired) electrons. The topological polar surface area (TPSA) is 107 Å². The number of fused-ring (bicyclic) bond motifs is 1. The van der Waals surface area contributed by atoms with Gasteiger partial charge in [-0.1, -0.05) is 17.7 Å². The lowest BCUT2D eigenvalue weighted by Crippen LogP contribution is -2.10. The van der Waals surface area contributed by atoms with Gasteiger partial charge in [-0.2, -0.15) is 0 Å². The van der Waals surface area contributed by atoms with Gasteiger partial charge in [0.25, 0.3) is 0 Å². The van der Waals surface area contributed by atoms with Crippen molar-refractivity contribution in [3.63, 3.8) is 0 Å². The van der Waals surface area contributed by atoms with E-state index < -0.39 is 11.9 Å². The molecule has 7 nitrogen and oxygen atoms in total. The van der Waals surface area contributed by atoms with Crippen molar-refractivity contribution >= 4 is 34.5 Å². The molecule has 0 fully saturated rings. The van der Waals surface area contributed by atoms with Crippen LogP contribution in [0.2, 0.25) is 5.15 Å². The van der Waals surface area contributed by atoms with E-state index in [-0.39, 0.29) is 39.5 Å². The van der Waals surface area contributed by atoms with E-state index in [1.54, 1.807) is 13.0 Å². The molecule has 0 atom stereocenters. The fourth-order valence-electron chi connectivity index (χ4n) is 2.37. The molecule has 1 N–H and O–H groups in total. The number of carboxylic acid groups (broad SMARTS) is 1. The summed E-state index contributed by atoms with van der Waals surface area (Å²) in [6.45, 7) is 1.80. The third-order valence-electron chi connectivity index (χ3n) is 3.58. The van der Waals surface area contributed by atoms with E-state index in [1.807, 2.05) is 0 Å². The number of aromatic carboxylic acids is 1. The van der Waals surface area contributed by atoms with Crippen molar-refractivity contribution in [1.82, 2.24) is 4.98 Å². The van der Waals surface area contributed by atoms with Gasteiger partial charge in [-0.15, -0.1) is 0 Å². The smallest absolute Gasteiger partial charge is 0.374 e. The minimum Gasteiger partial charge on any atom is -0.478 e. The van der Waals surface area contributed by atoms with Crippen LogP contribution in [0.25, 0.3) is 22.2 Å². The Morgan fingerprint density at radius 1 is 1.23 bits per heavy atom. The number of carboxylic acids is 1. The van der Waals surface area contributed by atoms with Crippen LogP contribution in [0.3, 0.4) is 0 Å². The molecule has 3 rings (SSSR count). The Labute approximate surface area is 151 Å². The number of hydrogen-bond donors (Lipinski definition) is 1. The van der Waals surface area contributed by atoms with Crippen molar-refractivity contribution < 1.29 is 23.8 Å². The van der Waals surface area contributed by atoms with Crippen LogP contribution in [0.5, 0.6) is 0 Å². The van der Waals surface area contributed by atoms with Gasteiger partial charge in [-0.05, 0) is 31.2 Å². The molecule has 0 aliphatic carbocycles. The summed E-state index contributed by atoms with van der Waals surface area (Å²) in [4.78, 5) is 39.0. The fraction of sp³-hybridized carbons (Fsp3) is 0.111. The van der Waals surface area contributed by atoms with Crippen LogP contribution in [0.4, 0.5) is 0 Å². The molecule has 2 aromatic heterocycles. The summed E-state index contributed by atoms with van der Waals surface area (Å²) >= 11 is 5.89. The average molecular weight is 374 g/mol. The normalized spacial score (nSPS) is 10.7. The number of carbonyl (C=O) groups excluding carboxylic acids is 1. The zero-order chi connectivity index (χ0) is 18.8. The minimum atomic E-state index is -1.18. The molecular weight excluding hydrogens is 362 g/mol. The Balaban J connectivity index is 2.11. The molecule has 0 aliphatic rings. The van der Waals surface area contributed by atoms with Gasteiger partial charge in [0, 0.05) is 11.6 Å². The number of nitrogens with zero attached hydrogens (tertiary/aromatic N) is 1. The van der Waals surface area contributed by atoms with E-state index in [0.717, 1.165) is 6.07 Å². The Bertz CT molecular complexity index is 1090. The highest BCUT2D eigenvalue weighted by Gasteiger charge is 2.15. The maximum atomic E-state index is 12.2. The predicted octanol–water partition coefficient (Wildman–Crippen LogP) is 3.38. The van der Waals surface area contributed by atoms with E-state index in [0.29, 0.717) is 11.3 Å². The van der Waals surface area contributed by atoms with E-state index in [1.165, 1.54) is 24.3 Å². The number of aromatic nitrogens is 1. The summed E-state index contributed by atoms with van der Waals surface area (Å²) in [7, 11) is 0. The molecular formula is C18H12ClNO6. The first kappa shape index (κ1) is 17.6. The maximum absolute atomic E-state index is 12.2. The number of hydrogen-bond acceptors (Lipinski definition) is 6. The second-order valence-electron chi connectivity index (χ2n) is 5.25. The maximum Gasteiger partial charge on any atom is 0.374 e. The highest BCUT2D eigenvalue weighted by Crippen LogP contribution is 2.25. The number of rotatable bonds is 4. The van der Waals surface area contributed by atoms with Crippen LogP contribution >= 0.6 is 11.6 Å². The van der Waals surface area contributed by atoms with E-state index in [9.17, 15) is 14.4 Å². The molecule has 8 heteroatoms. The van der Waals surface area contributed by atoms with Crippen LogP contribution in [0, 0.1) is 0 Å². The first-order chi connectivity index (χ1) is 12.4. The Kier molecular flexibility index (Phi) is 4.73. The molecule has 0 saturated heterocycles. The Hall–Kier alpha value is -3.19. The minimum absolute atomic E-state index is 0.118. The summed E-state index contributed by atoms with van der Waals surface area (Å²) in [5.74, 6) is -2.12. The number of carbonyl (C=O) groups is 2. The zero-order valence-corrected chi connectivity index (χ0v) is 14.2. The molecule has 0 unspecified atom stereocenters. The van der Waals surface area contributed by atoms with Crippen LogP contribution in [-0.4, -0.2) is 28.6 Å². The first-order valence-corrected chi connectivity index (χ1v) is 7.93. The van der Waals surface area contributed by atoms with Crippen LogP contribution in [0.1, 0.15) is 27.8 Å². The third kappa shape index (κ3) is 3.29. The highest BCUT2D eigenvalue weighted by molar-refractivity contribution is 6.32. The fourth-order valence-corrected chi connectivity index (χ4v) is 2.61. The molecule has 26 heavy (non-hydrogen) atoms. The zero-order valence-electron chi connectivity index (χ0n) is 13.5. The number of esters is 1. The summed E-state index contributed by atoms with van der Waals surface area (Å²) in [5, 5.41) is 9.14. The van der Waals surface area contributed by atoms with Crippen LogP contribution in [0.15, 0.2) is 45.6 Å². The van der Waals surface area contributed by atoms with Crippen molar-refractivity contribution in [2.75, 3.05) is 6.61 Å². The summed E-state index contributed by atoms with van der Waals surface area (Å²) in [6.07, 6.45) is 0. The summed E-state index contributed by atoms with van der Waals surface area (Å²) < 4.78 is 10.3. The van der Waals surface area contributed by atoms with Crippen molar-refractivity contribution in [3.05, 3.63) is 63.1 Å². The number of benzene rings is 1. The lowest BCUT2D eigenvalue weighted by Gasteiger charge is -2.06. The lowest BCUT2D eigenvalue weighted by atomic mass is 10.1. The first-order valence-electron chi connectivity index (χ1n) is 7.56. The van der Waals surface area contributed by atoms with Gasteiger partial charge in [-0.3, -0.25) is 4.79 Å². The second kappa shape index (κ2) is 6.97. The van der Waals surface area contributed by atoms with E-state index in [2.05, 4.69) is 4.98 Å².